The van der Waals surface area contributed by atoms with Gasteiger partial charge >= 0.3 is 0 Å². The number of hydrogen-bond acceptors (Lipinski definition) is 5. The Labute approximate surface area is 161 Å². The first-order chi connectivity index (χ1) is 12.6. The van der Waals surface area contributed by atoms with Crippen LogP contribution >= 0.6 is 22.9 Å². The van der Waals surface area contributed by atoms with E-state index in [1.165, 1.54) is 11.3 Å². The lowest BCUT2D eigenvalue weighted by molar-refractivity contribution is 0.415. The monoisotopic (exact) mass is 381 g/mol. The molecule has 1 N–H and O–H groups in total. The van der Waals surface area contributed by atoms with Gasteiger partial charge in [0, 0.05) is 27.9 Å². The number of hydrogen-bond donors (Lipinski definition) is 1. The lowest BCUT2D eigenvalue weighted by Gasteiger charge is -2.07. The molecule has 3 aromatic rings. The second kappa shape index (κ2) is 8.05. The van der Waals surface area contributed by atoms with E-state index in [-0.39, 0.29) is 0 Å². The summed E-state index contributed by atoms with van der Waals surface area (Å²) in [6.07, 6.45) is 1.66. The number of allylic oxidation sites excluding steroid dienone is 1. The van der Waals surface area contributed by atoms with Crippen molar-refractivity contribution in [1.29, 1.82) is 5.26 Å². The summed E-state index contributed by atoms with van der Waals surface area (Å²) in [6, 6.07) is 15.5. The zero-order valence-corrected chi connectivity index (χ0v) is 15.9. The molecule has 2 aromatic carbocycles. The first-order valence-electron chi connectivity index (χ1n) is 7.84. The van der Waals surface area contributed by atoms with Gasteiger partial charge < -0.3 is 10.1 Å². The number of aromatic nitrogens is 1. The van der Waals surface area contributed by atoms with Crippen LogP contribution in [0.3, 0.4) is 0 Å². The second-order valence-corrected chi connectivity index (χ2v) is 6.76. The van der Waals surface area contributed by atoms with Gasteiger partial charge in [-0.2, -0.15) is 5.26 Å². The summed E-state index contributed by atoms with van der Waals surface area (Å²) in [4.78, 5) is 4.59. The molecule has 4 nitrogen and oxygen atoms in total. The quantitative estimate of drug-likeness (QED) is 0.571. The molecule has 3 rings (SSSR count). The third-order valence-electron chi connectivity index (χ3n) is 3.86. The maximum Gasteiger partial charge on any atom is 0.136 e. The van der Waals surface area contributed by atoms with Crippen LogP contribution in [0, 0.1) is 18.3 Å². The second-order valence-electron chi connectivity index (χ2n) is 5.50. The SMILES string of the molecule is COc1cccc(-c2csc(C(C#N)=CNc3cccc(Cl)c3C)n2)c1. The van der Waals surface area contributed by atoms with Crippen LogP contribution < -0.4 is 10.1 Å². The lowest BCUT2D eigenvalue weighted by atomic mass is 10.1. The predicted molar refractivity (Wildman–Crippen MR) is 108 cm³/mol. The minimum Gasteiger partial charge on any atom is -0.497 e. The van der Waals surface area contributed by atoms with Crippen molar-refractivity contribution in [2.24, 2.45) is 0 Å². The molecule has 0 atom stereocenters. The van der Waals surface area contributed by atoms with Crippen molar-refractivity contribution < 1.29 is 4.74 Å². The molecule has 0 unspecified atom stereocenters. The Hall–Kier alpha value is -2.81. The number of anilines is 1. The van der Waals surface area contributed by atoms with Crippen molar-refractivity contribution in [1.82, 2.24) is 4.98 Å². The number of thiazole rings is 1. The summed E-state index contributed by atoms with van der Waals surface area (Å²) in [5, 5.41) is 15.9. The van der Waals surface area contributed by atoms with Gasteiger partial charge in [-0.05, 0) is 36.8 Å². The molecule has 1 heterocycles. The molecule has 1 aromatic heterocycles. The van der Waals surface area contributed by atoms with Gasteiger partial charge in [0.05, 0.1) is 12.8 Å². The highest BCUT2D eigenvalue weighted by atomic mass is 35.5. The topological polar surface area (TPSA) is 57.9 Å². The van der Waals surface area contributed by atoms with Crippen molar-refractivity contribution in [2.75, 3.05) is 12.4 Å². The minimum absolute atomic E-state index is 0.462. The minimum atomic E-state index is 0.462. The number of halogens is 1. The van der Waals surface area contributed by atoms with Crippen LogP contribution in [-0.4, -0.2) is 12.1 Å². The Kier molecular flexibility index (Phi) is 5.57. The molecule has 0 saturated carbocycles. The van der Waals surface area contributed by atoms with Crippen LogP contribution in [0.1, 0.15) is 10.6 Å². The average Bonchev–Trinajstić information content (AvgIpc) is 3.15. The molecule has 0 fully saturated rings. The summed E-state index contributed by atoms with van der Waals surface area (Å²) < 4.78 is 5.25. The van der Waals surface area contributed by atoms with Crippen molar-refractivity contribution in [3.8, 4) is 23.1 Å². The van der Waals surface area contributed by atoms with E-state index >= 15 is 0 Å². The molecule has 0 amide bonds. The van der Waals surface area contributed by atoms with E-state index in [1.807, 2.05) is 54.8 Å². The number of rotatable bonds is 5. The van der Waals surface area contributed by atoms with Crippen molar-refractivity contribution in [3.63, 3.8) is 0 Å². The largest absolute Gasteiger partial charge is 0.497 e. The van der Waals surface area contributed by atoms with Crippen LogP contribution in [0.2, 0.25) is 5.02 Å². The van der Waals surface area contributed by atoms with E-state index in [1.54, 1.807) is 13.3 Å². The summed E-state index contributed by atoms with van der Waals surface area (Å²) in [7, 11) is 1.63. The third kappa shape index (κ3) is 3.88. The van der Waals surface area contributed by atoms with Gasteiger partial charge in [-0.1, -0.05) is 29.8 Å². The Morgan fingerprint density at radius 2 is 2.12 bits per heavy atom. The Bertz CT molecular complexity index is 1000. The van der Waals surface area contributed by atoms with E-state index in [9.17, 15) is 5.26 Å². The molecule has 0 bridgehead atoms. The maximum absolute atomic E-state index is 9.51. The van der Waals surface area contributed by atoms with Gasteiger partial charge in [0.25, 0.3) is 0 Å². The highest BCUT2D eigenvalue weighted by Gasteiger charge is 2.10. The fourth-order valence-corrected chi connectivity index (χ4v) is 3.34. The van der Waals surface area contributed by atoms with Crippen molar-refractivity contribution >= 4 is 34.2 Å². The van der Waals surface area contributed by atoms with Gasteiger partial charge in [-0.25, -0.2) is 4.98 Å². The number of nitrogens with one attached hydrogen (secondary N) is 1. The van der Waals surface area contributed by atoms with Crippen molar-refractivity contribution in [3.05, 3.63) is 69.6 Å². The summed E-state index contributed by atoms with van der Waals surface area (Å²) in [5.41, 5.74) is 4.00. The van der Waals surface area contributed by atoms with E-state index in [0.29, 0.717) is 15.6 Å². The molecule has 130 valence electrons. The highest BCUT2D eigenvalue weighted by molar-refractivity contribution is 7.11. The summed E-state index contributed by atoms with van der Waals surface area (Å²) >= 11 is 7.55. The average molecular weight is 382 g/mol. The number of ether oxygens (including phenoxy) is 1. The fourth-order valence-electron chi connectivity index (χ4n) is 2.37. The molecule has 0 aliphatic carbocycles. The molecular formula is C20H16ClN3OS. The van der Waals surface area contributed by atoms with Crippen LogP contribution in [0.4, 0.5) is 5.69 Å². The van der Waals surface area contributed by atoms with Crippen molar-refractivity contribution in [2.45, 2.75) is 6.92 Å². The Balaban J connectivity index is 1.86. The summed E-state index contributed by atoms with van der Waals surface area (Å²) in [6.45, 7) is 1.93. The first-order valence-corrected chi connectivity index (χ1v) is 9.10. The Morgan fingerprint density at radius 3 is 2.88 bits per heavy atom. The van der Waals surface area contributed by atoms with Crippen LogP contribution in [-0.2, 0) is 0 Å². The lowest BCUT2D eigenvalue weighted by Crippen LogP contribution is -1.94. The Morgan fingerprint density at radius 1 is 1.31 bits per heavy atom. The normalized spacial score (nSPS) is 11.1. The smallest absolute Gasteiger partial charge is 0.136 e. The maximum atomic E-state index is 9.51. The van der Waals surface area contributed by atoms with E-state index in [4.69, 9.17) is 16.3 Å². The highest BCUT2D eigenvalue weighted by Crippen LogP contribution is 2.29. The third-order valence-corrected chi connectivity index (χ3v) is 5.15. The molecule has 6 heteroatoms. The van der Waals surface area contributed by atoms with Gasteiger partial charge in [0.1, 0.15) is 22.4 Å². The van der Waals surface area contributed by atoms with Gasteiger partial charge in [-0.15, -0.1) is 11.3 Å². The van der Waals surface area contributed by atoms with E-state index < -0.39 is 0 Å². The van der Waals surface area contributed by atoms with Crippen LogP contribution in [0.5, 0.6) is 5.75 Å². The summed E-state index contributed by atoms with van der Waals surface area (Å²) in [5.74, 6) is 0.770. The van der Waals surface area contributed by atoms with Crippen LogP contribution in [0.15, 0.2) is 54.0 Å². The van der Waals surface area contributed by atoms with Gasteiger partial charge in [0.15, 0.2) is 0 Å². The van der Waals surface area contributed by atoms with Gasteiger partial charge in [0.2, 0.25) is 0 Å². The number of methoxy groups -OCH3 is 1. The molecular weight excluding hydrogens is 366 g/mol. The van der Waals surface area contributed by atoms with E-state index in [0.717, 1.165) is 28.3 Å². The number of nitrogens with zero attached hydrogens (tertiary/aromatic N) is 2. The van der Waals surface area contributed by atoms with Crippen LogP contribution in [0.25, 0.3) is 16.8 Å². The standard InChI is InChI=1S/C20H16ClN3OS/c1-13-17(21)7-4-8-18(13)23-11-15(10-22)20-24-19(12-26-20)14-5-3-6-16(9-14)25-2/h3-9,11-12,23H,1-2H3. The molecule has 26 heavy (non-hydrogen) atoms. The first kappa shape index (κ1) is 18.0. The molecule has 0 saturated heterocycles. The zero-order chi connectivity index (χ0) is 18.5. The molecule has 0 aliphatic rings. The molecule has 0 aliphatic heterocycles. The van der Waals surface area contributed by atoms with E-state index in [2.05, 4.69) is 16.4 Å². The molecule has 0 spiro atoms. The fraction of sp³-hybridized carbons (Fsp3) is 0.100. The molecule has 0 radical (unpaired) electrons. The number of nitriles is 1. The van der Waals surface area contributed by atoms with Gasteiger partial charge in [-0.3, -0.25) is 0 Å². The number of benzene rings is 2. The predicted octanol–water partition coefficient (Wildman–Crippen LogP) is 5.76. The zero-order valence-electron chi connectivity index (χ0n) is 14.3.